The van der Waals surface area contributed by atoms with Gasteiger partial charge >= 0.3 is 5.97 Å². The Morgan fingerprint density at radius 3 is 2.11 bits per heavy atom. The Kier molecular flexibility index (Phi) is 3.62. The van der Waals surface area contributed by atoms with Crippen molar-refractivity contribution >= 4 is 17.6 Å². The predicted molar refractivity (Wildman–Crippen MR) is 36.5 cm³/mol. The lowest BCUT2D eigenvalue weighted by molar-refractivity contribution is -0.144. The molecule has 3 heteroatoms. The minimum absolute atomic E-state index is 0.155. The Bertz CT molecular complexity index is 101. The largest absolute Gasteiger partial charge is 0.469 e. The van der Waals surface area contributed by atoms with Crippen LogP contribution in [0.5, 0.6) is 0 Å². The third-order valence-electron chi connectivity index (χ3n) is 1.26. The molecule has 0 aliphatic rings. The van der Waals surface area contributed by atoms with Gasteiger partial charge < -0.3 is 4.74 Å². The van der Waals surface area contributed by atoms with Gasteiger partial charge in [-0.25, -0.2) is 0 Å². The molecule has 0 bridgehead atoms. The van der Waals surface area contributed by atoms with Crippen molar-refractivity contribution in [1.29, 1.82) is 0 Å². The van der Waals surface area contributed by atoms with E-state index in [1.807, 2.05) is 0 Å². The van der Waals surface area contributed by atoms with Crippen LogP contribution in [0.2, 0.25) is 0 Å². The van der Waals surface area contributed by atoms with Crippen molar-refractivity contribution in [1.82, 2.24) is 0 Å². The first-order valence-corrected chi connectivity index (χ1v) is 3.25. The van der Waals surface area contributed by atoms with E-state index in [1.165, 1.54) is 7.11 Å². The van der Waals surface area contributed by atoms with Crippen LogP contribution in [0.3, 0.4) is 0 Å². The summed E-state index contributed by atoms with van der Waals surface area (Å²) in [5, 5.41) is -0.155. The molecule has 0 heterocycles. The first-order valence-electron chi connectivity index (χ1n) is 2.81. The lowest BCUT2D eigenvalue weighted by Crippen LogP contribution is -2.19. The summed E-state index contributed by atoms with van der Waals surface area (Å²) in [5.74, 6) is -0.464. The van der Waals surface area contributed by atoms with E-state index < -0.39 is 0 Å². The van der Waals surface area contributed by atoms with Gasteiger partial charge in [0.2, 0.25) is 0 Å². The van der Waals surface area contributed by atoms with E-state index in [4.69, 9.17) is 11.6 Å². The first-order chi connectivity index (χ1) is 4.09. The standard InChI is InChI=1S/C6H11ClO2/c1-4(5(2)7)6(8)9-3/h4-5H,1-3H3. The number of carbonyl (C=O) groups excluding carboxylic acids is 1. The van der Waals surface area contributed by atoms with Gasteiger partial charge in [0.05, 0.1) is 13.0 Å². The third kappa shape index (κ3) is 2.70. The summed E-state index contributed by atoms with van der Waals surface area (Å²) < 4.78 is 4.45. The van der Waals surface area contributed by atoms with Gasteiger partial charge in [-0.05, 0) is 6.92 Å². The molecule has 0 radical (unpaired) electrons. The maximum absolute atomic E-state index is 10.6. The Hall–Kier alpha value is -0.240. The number of ether oxygens (including phenoxy) is 1. The zero-order valence-electron chi connectivity index (χ0n) is 5.85. The van der Waals surface area contributed by atoms with Crippen LogP contribution in [0, 0.1) is 5.92 Å². The Morgan fingerprint density at radius 1 is 1.56 bits per heavy atom. The topological polar surface area (TPSA) is 26.3 Å². The number of halogens is 1. The Balaban J connectivity index is 3.72. The number of methoxy groups -OCH3 is 1. The average Bonchev–Trinajstić information content (AvgIpc) is 1.84. The number of hydrogen-bond donors (Lipinski definition) is 0. The van der Waals surface area contributed by atoms with Crippen molar-refractivity contribution < 1.29 is 9.53 Å². The quantitative estimate of drug-likeness (QED) is 0.440. The van der Waals surface area contributed by atoms with Crippen molar-refractivity contribution in [3.63, 3.8) is 0 Å². The van der Waals surface area contributed by atoms with Gasteiger partial charge in [-0.3, -0.25) is 4.79 Å². The number of alkyl halides is 1. The molecular weight excluding hydrogens is 140 g/mol. The highest BCUT2D eigenvalue weighted by Crippen LogP contribution is 2.09. The van der Waals surface area contributed by atoms with Crippen molar-refractivity contribution in [3.05, 3.63) is 0 Å². The molecule has 0 aliphatic carbocycles. The van der Waals surface area contributed by atoms with Gasteiger partial charge in [0, 0.05) is 5.38 Å². The maximum atomic E-state index is 10.6. The zero-order valence-corrected chi connectivity index (χ0v) is 6.61. The number of carbonyl (C=O) groups is 1. The monoisotopic (exact) mass is 150 g/mol. The molecular formula is C6H11ClO2. The average molecular weight is 151 g/mol. The second kappa shape index (κ2) is 3.72. The summed E-state index contributed by atoms with van der Waals surface area (Å²) in [4.78, 5) is 10.6. The SMILES string of the molecule is COC(=O)C(C)C(C)Cl. The number of hydrogen-bond acceptors (Lipinski definition) is 2. The molecule has 54 valence electrons. The summed E-state index contributed by atoms with van der Waals surface area (Å²) in [6.45, 7) is 3.51. The van der Waals surface area contributed by atoms with Gasteiger partial charge in [-0.2, -0.15) is 0 Å². The fraction of sp³-hybridized carbons (Fsp3) is 0.833. The third-order valence-corrected chi connectivity index (χ3v) is 1.64. The van der Waals surface area contributed by atoms with E-state index in [9.17, 15) is 4.79 Å². The molecule has 0 aromatic rings. The van der Waals surface area contributed by atoms with Crippen molar-refractivity contribution in [2.45, 2.75) is 19.2 Å². The second-order valence-electron chi connectivity index (χ2n) is 1.99. The molecule has 0 amide bonds. The lowest BCUT2D eigenvalue weighted by atomic mass is 10.1. The normalized spacial score (nSPS) is 16.4. The summed E-state index contributed by atoms with van der Waals surface area (Å²) in [5.41, 5.74) is 0. The van der Waals surface area contributed by atoms with Crippen molar-refractivity contribution in [2.75, 3.05) is 7.11 Å². The molecule has 0 saturated carbocycles. The van der Waals surface area contributed by atoms with Crippen LogP contribution in [0.25, 0.3) is 0 Å². The van der Waals surface area contributed by atoms with E-state index in [0.29, 0.717) is 0 Å². The van der Waals surface area contributed by atoms with Gasteiger partial charge in [-0.15, -0.1) is 11.6 Å². The van der Waals surface area contributed by atoms with Crippen LogP contribution in [0.4, 0.5) is 0 Å². The number of esters is 1. The highest BCUT2D eigenvalue weighted by molar-refractivity contribution is 6.21. The molecule has 0 N–H and O–H groups in total. The lowest BCUT2D eigenvalue weighted by Gasteiger charge is -2.09. The van der Waals surface area contributed by atoms with E-state index in [2.05, 4.69) is 4.74 Å². The highest BCUT2D eigenvalue weighted by atomic mass is 35.5. The van der Waals surface area contributed by atoms with E-state index in [0.717, 1.165) is 0 Å². The van der Waals surface area contributed by atoms with E-state index >= 15 is 0 Å². The molecule has 0 spiro atoms. The first kappa shape index (κ1) is 8.76. The molecule has 9 heavy (non-hydrogen) atoms. The smallest absolute Gasteiger partial charge is 0.309 e. The molecule has 0 aliphatic heterocycles. The molecule has 0 rings (SSSR count). The highest BCUT2D eigenvalue weighted by Gasteiger charge is 2.17. The summed E-state index contributed by atoms with van der Waals surface area (Å²) in [7, 11) is 1.36. The van der Waals surface area contributed by atoms with Crippen LogP contribution in [0.1, 0.15) is 13.8 Å². The Morgan fingerprint density at radius 2 is 2.00 bits per heavy atom. The fourth-order valence-corrected chi connectivity index (χ4v) is 0.476. The van der Waals surface area contributed by atoms with Crippen molar-refractivity contribution in [2.24, 2.45) is 5.92 Å². The van der Waals surface area contributed by atoms with Gasteiger partial charge in [0.15, 0.2) is 0 Å². The van der Waals surface area contributed by atoms with Crippen LogP contribution in [-0.2, 0) is 9.53 Å². The Labute approximate surface area is 60.1 Å². The minimum atomic E-state index is -0.252. The molecule has 0 fully saturated rings. The van der Waals surface area contributed by atoms with Gasteiger partial charge in [0.1, 0.15) is 0 Å². The molecule has 2 nitrogen and oxygen atoms in total. The molecule has 0 aromatic heterocycles. The van der Waals surface area contributed by atoms with Crippen LogP contribution in [-0.4, -0.2) is 18.5 Å². The van der Waals surface area contributed by atoms with E-state index in [1.54, 1.807) is 13.8 Å². The summed E-state index contributed by atoms with van der Waals surface area (Å²) in [6.07, 6.45) is 0. The molecule has 0 saturated heterocycles. The van der Waals surface area contributed by atoms with Crippen LogP contribution < -0.4 is 0 Å². The number of rotatable bonds is 2. The maximum Gasteiger partial charge on any atom is 0.309 e. The molecule has 2 atom stereocenters. The van der Waals surface area contributed by atoms with Gasteiger partial charge in [-0.1, -0.05) is 6.92 Å². The van der Waals surface area contributed by atoms with Crippen LogP contribution in [0.15, 0.2) is 0 Å². The minimum Gasteiger partial charge on any atom is -0.469 e. The second-order valence-corrected chi connectivity index (χ2v) is 2.68. The zero-order chi connectivity index (χ0) is 7.44. The summed E-state index contributed by atoms with van der Waals surface area (Å²) >= 11 is 5.60. The van der Waals surface area contributed by atoms with Gasteiger partial charge in [0.25, 0.3) is 0 Å². The van der Waals surface area contributed by atoms with E-state index in [-0.39, 0.29) is 17.3 Å². The molecule has 0 aromatic carbocycles. The van der Waals surface area contributed by atoms with Crippen molar-refractivity contribution in [3.8, 4) is 0 Å². The summed E-state index contributed by atoms with van der Waals surface area (Å²) in [6, 6.07) is 0. The predicted octanol–water partition coefficient (Wildman–Crippen LogP) is 1.42. The van der Waals surface area contributed by atoms with Crippen LogP contribution >= 0.6 is 11.6 Å². The fourth-order valence-electron chi connectivity index (χ4n) is 0.373. The molecule has 2 unspecified atom stereocenters.